The minimum atomic E-state index is -3.73. The van der Waals surface area contributed by atoms with E-state index in [1.165, 1.54) is 13.8 Å². The fourth-order valence-electron chi connectivity index (χ4n) is 2.36. The summed E-state index contributed by atoms with van der Waals surface area (Å²) < 4.78 is 24.9. The average molecular weight is 341 g/mol. The molecule has 0 amide bonds. The Morgan fingerprint density at radius 1 is 1.12 bits per heavy atom. The molecule has 124 valence electrons. The van der Waals surface area contributed by atoms with Crippen LogP contribution in [0.2, 0.25) is 0 Å². The van der Waals surface area contributed by atoms with Gasteiger partial charge in [0.1, 0.15) is 4.87 Å². The Bertz CT molecular complexity index is 1010. The molecule has 0 atom stereocenters. The summed E-state index contributed by atoms with van der Waals surface area (Å²) in [5, 5.41) is -0.118. The molecule has 0 unspecified atom stereocenters. The van der Waals surface area contributed by atoms with Gasteiger partial charge in [0.15, 0.2) is 0 Å². The van der Waals surface area contributed by atoms with Crippen molar-refractivity contribution in [3.8, 4) is 0 Å². The molecule has 0 aliphatic carbocycles. The van der Waals surface area contributed by atoms with E-state index in [1.54, 1.807) is 6.07 Å². The fraction of sp³-hybridized carbons (Fsp3) is 0.167. The lowest BCUT2D eigenvalue weighted by Crippen LogP contribution is -2.41. The van der Waals surface area contributed by atoms with Crippen molar-refractivity contribution in [2.24, 2.45) is 5.73 Å². The highest BCUT2D eigenvalue weighted by atomic mass is 32.2. The van der Waals surface area contributed by atoms with Gasteiger partial charge in [0.05, 0.1) is 11.0 Å². The number of rotatable bonds is 4. The molecule has 1 heterocycles. The van der Waals surface area contributed by atoms with Gasteiger partial charge in [-0.3, -0.25) is 0 Å². The van der Waals surface area contributed by atoms with Crippen molar-refractivity contribution < 1.29 is 8.42 Å². The third-order valence-corrected chi connectivity index (χ3v) is 5.97. The van der Waals surface area contributed by atoms with Gasteiger partial charge in [0, 0.05) is 0 Å². The third-order valence-electron chi connectivity index (χ3n) is 3.88. The van der Waals surface area contributed by atoms with Crippen molar-refractivity contribution in [3.05, 3.63) is 66.2 Å². The van der Waals surface area contributed by atoms with Crippen molar-refractivity contribution in [1.82, 2.24) is 9.97 Å². The standard InChI is InChI=1S/C18H19N3O2S/c1-12(13-7-5-4-6-8-13)14-9-10-15-16(11-14)21-17(20-15)24(22,23)18(2,3)19/h4-11H,1,19H2,2-3H3,(H,20,21). The molecule has 0 fully saturated rings. The maximum atomic E-state index is 12.4. The van der Waals surface area contributed by atoms with Crippen LogP contribution in [0.15, 0.2) is 60.3 Å². The van der Waals surface area contributed by atoms with Crippen LogP contribution in [0.25, 0.3) is 16.6 Å². The summed E-state index contributed by atoms with van der Waals surface area (Å²) in [6.07, 6.45) is 0. The highest BCUT2D eigenvalue weighted by molar-refractivity contribution is 7.92. The quantitative estimate of drug-likeness (QED) is 0.763. The van der Waals surface area contributed by atoms with Crippen LogP contribution >= 0.6 is 0 Å². The average Bonchev–Trinajstić information content (AvgIpc) is 2.97. The van der Waals surface area contributed by atoms with E-state index in [4.69, 9.17) is 5.73 Å². The van der Waals surface area contributed by atoms with Crippen LogP contribution in [-0.2, 0) is 9.84 Å². The fourth-order valence-corrected chi connectivity index (χ4v) is 3.32. The number of nitrogens with one attached hydrogen (secondary N) is 1. The van der Waals surface area contributed by atoms with Gasteiger partial charge in [-0.2, -0.15) is 0 Å². The Morgan fingerprint density at radius 2 is 1.79 bits per heavy atom. The number of H-pyrrole nitrogens is 1. The summed E-state index contributed by atoms with van der Waals surface area (Å²) in [6.45, 7) is 7.01. The molecule has 3 aromatic rings. The zero-order valence-corrected chi connectivity index (χ0v) is 14.4. The molecular formula is C18H19N3O2S. The van der Waals surface area contributed by atoms with E-state index in [0.717, 1.165) is 16.7 Å². The molecule has 3 rings (SSSR count). The van der Waals surface area contributed by atoms with E-state index in [0.29, 0.717) is 11.0 Å². The molecule has 0 aliphatic heterocycles. The van der Waals surface area contributed by atoms with Crippen LogP contribution in [-0.4, -0.2) is 23.3 Å². The van der Waals surface area contributed by atoms with Gasteiger partial charge in [-0.1, -0.05) is 43.0 Å². The number of aromatic nitrogens is 2. The van der Waals surface area contributed by atoms with E-state index in [1.807, 2.05) is 42.5 Å². The summed E-state index contributed by atoms with van der Waals surface area (Å²) in [7, 11) is -3.73. The monoisotopic (exact) mass is 341 g/mol. The Balaban J connectivity index is 2.06. The first kappa shape index (κ1) is 16.4. The molecule has 1 aromatic heterocycles. The van der Waals surface area contributed by atoms with E-state index in [9.17, 15) is 8.42 Å². The first-order chi connectivity index (χ1) is 11.2. The van der Waals surface area contributed by atoms with E-state index >= 15 is 0 Å². The minimum Gasteiger partial charge on any atom is -0.329 e. The lowest BCUT2D eigenvalue weighted by molar-refractivity contribution is 0.545. The molecule has 2 aromatic carbocycles. The van der Waals surface area contributed by atoms with Crippen LogP contribution in [0, 0.1) is 0 Å². The molecule has 0 saturated carbocycles. The summed E-state index contributed by atoms with van der Waals surface area (Å²) in [5.74, 6) is 0. The predicted molar refractivity (Wildman–Crippen MR) is 96.1 cm³/mol. The number of benzene rings is 2. The number of aromatic amines is 1. The van der Waals surface area contributed by atoms with Gasteiger partial charge in [0.2, 0.25) is 15.0 Å². The second-order valence-corrected chi connectivity index (χ2v) is 8.67. The van der Waals surface area contributed by atoms with Crippen LogP contribution in [0.5, 0.6) is 0 Å². The number of hydrogen-bond acceptors (Lipinski definition) is 4. The Labute approximate surface area is 141 Å². The second kappa shape index (κ2) is 5.58. The predicted octanol–water partition coefficient (Wildman–Crippen LogP) is 3.09. The molecule has 5 nitrogen and oxygen atoms in total. The van der Waals surface area contributed by atoms with Crippen LogP contribution < -0.4 is 5.73 Å². The van der Waals surface area contributed by atoms with Gasteiger partial charge in [-0.15, -0.1) is 0 Å². The molecule has 6 heteroatoms. The Hall–Kier alpha value is -2.44. The maximum absolute atomic E-state index is 12.4. The summed E-state index contributed by atoms with van der Waals surface area (Å²) in [5.41, 5.74) is 9.72. The maximum Gasteiger partial charge on any atom is 0.229 e. The van der Waals surface area contributed by atoms with Crippen molar-refractivity contribution in [3.63, 3.8) is 0 Å². The van der Waals surface area contributed by atoms with Gasteiger partial charge >= 0.3 is 0 Å². The van der Waals surface area contributed by atoms with Gasteiger partial charge in [0.25, 0.3) is 0 Å². The number of imidazole rings is 1. The van der Waals surface area contributed by atoms with Gasteiger partial charge < -0.3 is 10.7 Å². The third kappa shape index (κ3) is 2.74. The normalized spacial score (nSPS) is 12.5. The van der Waals surface area contributed by atoms with Gasteiger partial charge in [-0.25, -0.2) is 13.4 Å². The molecule has 3 N–H and O–H groups in total. The zero-order valence-electron chi connectivity index (χ0n) is 13.6. The SMILES string of the molecule is C=C(c1ccccc1)c1ccc2nc(S(=O)(=O)C(C)(C)N)[nH]c2c1. The molecule has 0 aliphatic rings. The molecule has 0 saturated heterocycles. The van der Waals surface area contributed by atoms with E-state index < -0.39 is 14.7 Å². The number of hydrogen-bond donors (Lipinski definition) is 2. The number of sulfone groups is 1. The number of fused-ring (bicyclic) bond motifs is 1. The van der Waals surface area contributed by atoms with Crippen molar-refractivity contribution >= 4 is 26.4 Å². The van der Waals surface area contributed by atoms with Crippen molar-refractivity contribution in [2.45, 2.75) is 23.9 Å². The number of nitrogens with zero attached hydrogens (tertiary/aromatic N) is 1. The molecule has 0 radical (unpaired) electrons. The molecule has 0 spiro atoms. The highest BCUT2D eigenvalue weighted by Crippen LogP contribution is 2.26. The van der Waals surface area contributed by atoms with Crippen molar-refractivity contribution in [1.29, 1.82) is 0 Å². The first-order valence-corrected chi connectivity index (χ1v) is 8.96. The van der Waals surface area contributed by atoms with E-state index in [2.05, 4.69) is 16.5 Å². The highest BCUT2D eigenvalue weighted by Gasteiger charge is 2.34. The Kier molecular flexibility index (Phi) is 3.81. The Morgan fingerprint density at radius 3 is 2.42 bits per heavy atom. The second-order valence-electron chi connectivity index (χ2n) is 6.23. The largest absolute Gasteiger partial charge is 0.329 e. The summed E-state index contributed by atoms with van der Waals surface area (Å²) in [4.78, 5) is 5.63. The first-order valence-electron chi connectivity index (χ1n) is 7.48. The lowest BCUT2D eigenvalue weighted by Gasteiger charge is -2.16. The molecular weight excluding hydrogens is 322 g/mol. The smallest absolute Gasteiger partial charge is 0.229 e. The van der Waals surface area contributed by atoms with Crippen LogP contribution in [0.3, 0.4) is 0 Å². The lowest BCUT2D eigenvalue weighted by atomic mass is 9.99. The number of nitrogens with two attached hydrogens (primary N) is 1. The molecule has 0 bridgehead atoms. The summed E-state index contributed by atoms with van der Waals surface area (Å²) >= 11 is 0. The van der Waals surface area contributed by atoms with Crippen molar-refractivity contribution in [2.75, 3.05) is 0 Å². The minimum absolute atomic E-state index is 0.118. The van der Waals surface area contributed by atoms with Gasteiger partial charge in [-0.05, 0) is 42.7 Å². The topological polar surface area (TPSA) is 88.8 Å². The molecule has 24 heavy (non-hydrogen) atoms. The van der Waals surface area contributed by atoms with E-state index in [-0.39, 0.29) is 5.16 Å². The van der Waals surface area contributed by atoms with Crippen LogP contribution in [0.4, 0.5) is 0 Å². The summed E-state index contributed by atoms with van der Waals surface area (Å²) in [6, 6.07) is 15.3. The zero-order chi connectivity index (χ0) is 17.5. The van der Waals surface area contributed by atoms with Crippen LogP contribution in [0.1, 0.15) is 25.0 Å².